The first-order valence-electron chi connectivity index (χ1n) is 5.85. The number of aromatic hydroxyl groups is 1. The maximum Gasteiger partial charge on any atom is 0.257 e. The molecule has 0 radical (unpaired) electrons. The van der Waals surface area contributed by atoms with Gasteiger partial charge in [-0.2, -0.15) is 0 Å². The highest BCUT2D eigenvalue weighted by atomic mass is 79.9. The normalized spacial score (nSPS) is 17.2. The predicted molar refractivity (Wildman–Crippen MR) is 70.1 cm³/mol. The predicted octanol–water partition coefficient (Wildman–Crippen LogP) is 3.03. The number of phenolic OH excluding ortho intramolecular Hbond substituents is 1. The van der Waals surface area contributed by atoms with Crippen LogP contribution in [-0.4, -0.2) is 29.0 Å². The van der Waals surface area contributed by atoms with E-state index in [1.165, 1.54) is 0 Å². The number of likely N-dealkylation sites (tertiary alicyclic amines) is 1. The summed E-state index contributed by atoms with van der Waals surface area (Å²) in [6, 6.07) is 4.95. The molecule has 92 valence electrons. The van der Waals surface area contributed by atoms with Gasteiger partial charge in [0.1, 0.15) is 5.75 Å². The summed E-state index contributed by atoms with van der Waals surface area (Å²) in [5.74, 6) is 0.669. The molecular formula is C13H16BrNO2. The van der Waals surface area contributed by atoms with Gasteiger partial charge in [-0.25, -0.2) is 0 Å². The Bertz CT molecular complexity index is 425. The zero-order valence-corrected chi connectivity index (χ0v) is 11.4. The highest BCUT2D eigenvalue weighted by molar-refractivity contribution is 9.10. The number of carbonyl (C=O) groups excluding carboxylic acids is 1. The van der Waals surface area contributed by atoms with Crippen molar-refractivity contribution in [2.45, 2.75) is 19.8 Å². The lowest BCUT2D eigenvalue weighted by Gasteiger charge is -2.30. The van der Waals surface area contributed by atoms with Crippen LogP contribution in [-0.2, 0) is 0 Å². The Morgan fingerprint density at radius 1 is 1.41 bits per heavy atom. The maximum absolute atomic E-state index is 12.2. The Kier molecular flexibility index (Phi) is 3.72. The van der Waals surface area contributed by atoms with E-state index in [1.54, 1.807) is 18.2 Å². The van der Waals surface area contributed by atoms with E-state index in [4.69, 9.17) is 0 Å². The lowest BCUT2D eigenvalue weighted by Crippen LogP contribution is -2.37. The van der Waals surface area contributed by atoms with E-state index in [1.807, 2.05) is 4.90 Å². The van der Waals surface area contributed by atoms with Crippen molar-refractivity contribution in [3.63, 3.8) is 0 Å². The van der Waals surface area contributed by atoms with Gasteiger partial charge in [0.25, 0.3) is 5.91 Å². The van der Waals surface area contributed by atoms with Crippen LogP contribution in [0, 0.1) is 5.92 Å². The number of carbonyl (C=O) groups is 1. The number of benzene rings is 1. The molecular weight excluding hydrogens is 282 g/mol. The molecule has 17 heavy (non-hydrogen) atoms. The van der Waals surface area contributed by atoms with Crippen molar-refractivity contribution in [2.24, 2.45) is 5.92 Å². The van der Waals surface area contributed by atoms with Crippen molar-refractivity contribution in [1.29, 1.82) is 0 Å². The molecule has 0 atom stereocenters. The zero-order valence-electron chi connectivity index (χ0n) is 9.82. The topological polar surface area (TPSA) is 40.5 Å². The van der Waals surface area contributed by atoms with Gasteiger partial charge in [0.05, 0.1) is 5.56 Å². The minimum Gasteiger partial charge on any atom is -0.507 e. The molecule has 0 bridgehead atoms. The number of nitrogens with zero attached hydrogens (tertiary/aromatic N) is 1. The van der Waals surface area contributed by atoms with Crippen LogP contribution < -0.4 is 0 Å². The second-order valence-corrected chi connectivity index (χ2v) is 5.55. The van der Waals surface area contributed by atoms with Gasteiger partial charge in [-0.3, -0.25) is 4.79 Å². The van der Waals surface area contributed by atoms with E-state index in [-0.39, 0.29) is 11.7 Å². The standard InChI is InChI=1S/C13H16BrNO2/c1-9-4-6-15(7-5-9)13(17)11-8-10(14)2-3-12(11)16/h2-3,8-9,16H,4-7H2,1H3. The van der Waals surface area contributed by atoms with Gasteiger partial charge in [0, 0.05) is 17.6 Å². The van der Waals surface area contributed by atoms with Crippen molar-refractivity contribution in [1.82, 2.24) is 4.90 Å². The first-order chi connectivity index (χ1) is 8.08. The van der Waals surface area contributed by atoms with Crippen LogP contribution in [0.4, 0.5) is 0 Å². The maximum atomic E-state index is 12.2. The van der Waals surface area contributed by atoms with E-state index in [0.717, 1.165) is 30.4 Å². The van der Waals surface area contributed by atoms with Gasteiger partial charge in [-0.1, -0.05) is 22.9 Å². The Labute approximate surface area is 110 Å². The van der Waals surface area contributed by atoms with Gasteiger partial charge >= 0.3 is 0 Å². The Balaban J connectivity index is 2.16. The van der Waals surface area contributed by atoms with Crippen molar-refractivity contribution >= 4 is 21.8 Å². The molecule has 1 fully saturated rings. The molecule has 0 unspecified atom stereocenters. The van der Waals surface area contributed by atoms with Crippen molar-refractivity contribution < 1.29 is 9.90 Å². The van der Waals surface area contributed by atoms with Crippen molar-refractivity contribution in [3.05, 3.63) is 28.2 Å². The number of halogens is 1. The molecule has 0 aliphatic carbocycles. The lowest BCUT2D eigenvalue weighted by atomic mass is 9.98. The van der Waals surface area contributed by atoms with Crippen LogP contribution in [0.2, 0.25) is 0 Å². The van der Waals surface area contributed by atoms with E-state index in [2.05, 4.69) is 22.9 Å². The van der Waals surface area contributed by atoms with Crippen LogP contribution in [0.3, 0.4) is 0 Å². The second kappa shape index (κ2) is 5.08. The van der Waals surface area contributed by atoms with Crippen LogP contribution in [0.5, 0.6) is 5.75 Å². The molecule has 2 rings (SSSR count). The number of phenols is 1. The Morgan fingerprint density at radius 3 is 2.71 bits per heavy atom. The molecule has 1 aliphatic heterocycles. The third-order valence-corrected chi connectivity index (χ3v) is 3.75. The molecule has 1 aliphatic rings. The summed E-state index contributed by atoms with van der Waals surface area (Å²) in [6.45, 7) is 3.77. The van der Waals surface area contributed by atoms with Crippen LogP contribution in [0.15, 0.2) is 22.7 Å². The number of rotatable bonds is 1. The summed E-state index contributed by atoms with van der Waals surface area (Å²) in [5.41, 5.74) is 0.383. The fourth-order valence-electron chi connectivity index (χ4n) is 2.06. The zero-order chi connectivity index (χ0) is 12.4. The second-order valence-electron chi connectivity index (χ2n) is 4.64. The highest BCUT2D eigenvalue weighted by Gasteiger charge is 2.23. The minimum absolute atomic E-state index is 0.0526. The first-order valence-corrected chi connectivity index (χ1v) is 6.65. The van der Waals surface area contributed by atoms with Gasteiger partial charge < -0.3 is 10.0 Å². The molecule has 4 heteroatoms. The summed E-state index contributed by atoms with van der Waals surface area (Å²) in [4.78, 5) is 14.0. The third-order valence-electron chi connectivity index (χ3n) is 3.26. The Hall–Kier alpha value is -1.03. The van der Waals surface area contributed by atoms with Crippen LogP contribution >= 0.6 is 15.9 Å². The van der Waals surface area contributed by atoms with Crippen LogP contribution in [0.1, 0.15) is 30.1 Å². The summed E-state index contributed by atoms with van der Waals surface area (Å²) in [7, 11) is 0. The van der Waals surface area contributed by atoms with Gasteiger partial charge in [-0.15, -0.1) is 0 Å². The monoisotopic (exact) mass is 297 g/mol. The van der Waals surface area contributed by atoms with E-state index in [9.17, 15) is 9.90 Å². The molecule has 1 amide bonds. The van der Waals surface area contributed by atoms with Gasteiger partial charge in [0.15, 0.2) is 0 Å². The molecule has 0 spiro atoms. The average Bonchev–Trinajstić information content (AvgIpc) is 2.32. The summed E-state index contributed by atoms with van der Waals surface area (Å²) < 4.78 is 0.809. The summed E-state index contributed by atoms with van der Waals surface area (Å²) in [6.07, 6.45) is 2.08. The molecule has 1 saturated heterocycles. The van der Waals surface area contributed by atoms with E-state index >= 15 is 0 Å². The number of amides is 1. The summed E-state index contributed by atoms with van der Waals surface area (Å²) in [5, 5.41) is 9.72. The fourth-order valence-corrected chi connectivity index (χ4v) is 2.42. The molecule has 0 saturated carbocycles. The van der Waals surface area contributed by atoms with Gasteiger partial charge in [-0.05, 0) is 37.0 Å². The first kappa shape index (κ1) is 12.4. The van der Waals surface area contributed by atoms with Crippen LogP contribution in [0.25, 0.3) is 0 Å². The quantitative estimate of drug-likeness (QED) is 0.865. The third kappa shape index (κ3) is 2.80. The largest absolute Gasteiger partial charge is 0.507 e. The number of piperidine rings is 1. The number of hydrogen-bond acceptors (Lipinski definition) is 2. The van der Waals surface area contributed by atoms with E-state index in [0.29, 0.717) is 11.5 Å². The molecule has 1 aromatic rings. The van der Waals surface area contributed by atoms with Crippen molar-refractivity contribution in [2.75, 3.05) is 13.1 Å². The van der Waals surface area contributed by atoms with Gasteiger partial charge in [0.2, 0.25) is 0 Å². The minimum atomic E-state index is -0.0734. The number of hydrogen-bond donors (Lipinski definition) is 1. The molecule has 1 aromatic carbocycles. The fraction of sp³-hybridized carbons (Fsp3) is 0.462. The molecule has 3 nitrogen and oxygen atoms in total. The summed E-state index contributed by atoms with van der Waals surface area (Å²) >= 11 is 3.32. The smallest absolute Gasteiger partial charge is 0.257 e. The molecule has 1 N–H and O–H groups in total. The lowest BCUT2D eigenvalue weighted by molar-refractivity contribution is 0.0694. The SMILES string of the molecule is CC1CCN(C(=O)c2cc(Br)ccc2O)CC1. The molecule has 0 aromatic heterocycles. The van der Waals surface area contributed by atoms with E-state index < -0.39 is 0 Å². The van der Waals surface area contributed by atoms with Crippen molar-refractivity contribution in [3.8, 4) is 5.75 Å². The average molecular weight is 298 g/mol. The molecule has 1 heterocycles. The Morgan fingerprint density at radius 2 is 2.06 bits per heavy atom. The highest BCUT2D eigenvalue weighted by Crippen LogP contribution is 2.25.